The van der Waals surface area contributed by atoms with E-state index in [2.05, 4.69) is 20.2 Å². The topological polar surface area (TPSA) is 96.9 Å². The van der Waals surface area contributed by atoms with Crippen LogP contribution in [0.15, 0.2) is 64.0 Å². The van der Waals surface area contributed by atoms with E-state index in [9.17, 15) is 14.0 Å². The van der Waals surface area contributed by atoms with Crippen LogP contribution in [0.5, 0.6) is 0 Å². The van der Waals surface area contributed by atoms with E-state index in [0.717, 1.165) is 15.6 Å². The summed E-state index contributed by atoms with van der Waals surface area (Å²) in [5.74, 6) is 0.402. The summed E-state index contributed by atoms with van der Waals surface area (Å²) in [5.41, 5.74) is 1.51. The van der Waals surface area contributed by atoms with Crippen molar-refractivity contribution in [2.75, 3.05) is 0 Å². The first-order valence-corrected chi connectivity index (χ1v) is 10.8. The number of rotatable bonds is 6. The maximum atomic E-state index is 11.1. The van der Waals surface area contributed by atoms with E-state index in [-0.39, 0.29) is 6.61 Å². The molecule has 0 saturated heterocycles. The molecule has 1 heterocycles. The van der Waals surface area contributed by atoms with Gasteiger partial charge < -0.3 is 0 Å². The molecule has 1 aliphatic heterocycles. The molecule has 2 aromatic carbocycles. The summed E-state index contributed by atoms with van der Waals surface area (Å²) >= 11 is 2.65. The Balaban J connectivity index is 1.76. The van der Waals surface area contributed by atoms with E-state index in [1.165, 1.54) is 0 Å². The molecule has 0 bridgehead atoms. The first-order chi connectivity index (χ1) is 11.9. The molecular formula is C16H12BrClO6Se. The molecule has 0 aromatic heterocycles. The molecule has 25 heavy (non-hydrogen) atoms. The van der Waals surface area contributed by atoms with E-state index < -0.39 is 30.1 Å². The predicted octanol–water partition coefficient (Wildman–Crippen LogP) is 0.224. The van der Waals surface area contributed by atoms with Crippen molar-refractivity contribution < 1.29 is 38.0 Å². The summed E-state index contributed by atoms with van der Waals surface area (Å²) in [6.07, 6.45) is 0. The van der Waals surface area contributed by atoms with E-state index in [1.54, 1.807) is 17.1 Å². The second-order valence-electron chi connectivity index (χ2n) is 4.94. The molecule has 132 valence electrons. The molecule has 0 radical (unpaired) electrons. The van der Waals surface area contributed by atoms with Gasteiger partial charge in [0, 0.05) is 0 Å². The van der Waals surface area contributed by atoms with Gasteiger partial charge in [-0.15, -0.1) is 0 Å². The Morgan fingerprint density at radius 1 is 1.04 bits per heavy atom. The van der Waals surface area contributed by atoms with E-state index in [4.69, 9.17) is 9.47 Å². The van der Waals surface area contributed by atoms with Gasteiger partial charge in [-0.3, -0.25) is 0 Å². The molecule has 1 aliphatic rings. The fraction of sp³-hybridized carbons (Fsp3) is 0.125. The van der Waals surface area contributed by atoms with Crippen LogP contribution in [0.1, 0.15) is 11.1 Å². The maximum absolute atomic E-state index is 11.1. The second kappa shape index (κ2) is 7.75. The van der Waals surface area contributed by atoms with Crippen molar-refractivity contribution >= 4 is 36.6 Å². The molecule has 0 aliphatic carbocycles. The van der Waals surface area contributed by atoms with Gasteiger partial charge in [0.1, 0.15) is 0 Å². The first kappa shape index (κ1) is 18.8. The van der Waals surface area contributed by atoms with E-state index in [1.807, 2.05) is 42.5 Å². The summed E-state index contributed by atoms with van der Waals surface area (Å²) in [6.45, 7) is 0.0368. The zero-order valence-electron chi connectivity index (χ0n) is 12.6. The minimum atomic E-state index is -4.71. The number of hydrogen-bond acceptors (Lipinski definition) is 6. The zero-order valence-corrected chi connectivity index (χ0v) is 16.6. The van der Waals surface area contributed by atoms with Crippen LogP contribution in [0, 0.1) is 10.2 Å². The molecule has 1 atom stereocenters. The van der Waals surface area contributed by atoms with E-state index >= 15 is 0 Å². The molecular weight excluding hydrogens is 482 g/mol. The normalized spacial score (nSPS) is 20.2. The van der Waals surface area contributed by atoms with Crippen molar-refractivity contribution in [3.05, 3.63) is 75.2 Å². The van der Waals surface area contributed by atoms with Gasteiger partial charge in [-0.05, 0) is 0 Å². The molecule has 2 aromatic rings. The van der Waals surface area contributed by atoms with Gasteiger partial charge in [0.2, 0.25) is 0 Å². The molecule has 1 unspecified atom stereocenters. The zero-order chi connectivity index (χ0) is 17.9. The van der Waals surface area contributed by atoms with Gasteiger partial charge in [-0.1, -0.05) is 0 Å². The molecule has 0 amide bonds. The third kappa shape index (κ3) is 5.27. The Labute approximate surface area is 161 Å². The Morgan fingerprint density at radius 2 is 1.72 bits per heavy atom. The molecule has 9 heteroatoms. The summed E-state index contributed by atoms with van der Waals surface area (Å²) in [4.78, 5) is -0.269. The Bertz CT molecular complexity index is 749. The fourth-order valence-corrected chi connectivity index (χ4v) is 4.82. The van der Waals surface area contributed by atoms with Gasteiger partial charge in [0.05, 0.1) is 0 Å². The standard InChI is InChI=1S/C16H12BrClO6Se/c17-14-8-6-13(7-9-14)15-11-25-16(23-15,24-18(19,20)21)22-10-12-4-2-1-3-5-12/h1-9,11H,10H2. The van der Waals surface area contributed by atoms with Crippen molar-refractivity contribution in [1.29, 1.82) is 0 Å². The van der Waals surface area contributed by atoms with Crippen LogP contribution < -0.4 is 14.0 Å². The summed E-state index contributed by atoms with van der Waals surface area (Å²) in [5, 5.41) is 0. The van der Waals surface area contributed by atoms with Gasteiger partial charge in [-0.25, -0.2) is 0 Å². The first-order valence-electron chi connectivity index (χ1n) is 6.98. The monoisotopic (exact) mass is 494 g/mol. The number of hydrogen-bond donors (Lipinski definition) is 0. The average molecular weight is 495 g/mol. The SMILES string of the molecule is [O-][Cl+3]([O-])([O-])OC1(OCc2ccccc2)OC(c2ccc(Br)cc2)=C[Se]1. The number of halogens is 2. The quantitative estimate of drug-likeness (QED) is 0.421. The van der Waals surface area contributed by atoms with Crippen LogP contribution in [-0.4, -0.2) is 19.8 Å². The Morgan fingerprint density at radius 3 is 2.36 bits per heavy atom. The number of benzene rings is 2. The van der Waals surface area contributed by atoms with E-state index in [0.29, 0.717) is 5.76 Å². The van der Waals surface area contributed by atoms with Crippen molar-refractivity contribution in [3.63, 3.8) is 0 Å². The van der Waals surface area contributed by atoms with Crippen LogP contribution >= 0.6 is 15.9 Å². The third-order valence-electron chi connectivity index (χ3n) is 3.12. The van der Waals surface area contributed by atoms with Gasteiger partial charge in [0.25, 0.3) is 0 Å². The van der Waals surface area contributed by atoms with Crippen molar-refractivity contribution in [2.24, 2.45) is 0 Å². The van der Waals surface area contributed by atoms with Gasteiger partial charge >= 0.3 is 161 Å². The molecule has 0 fully saturated rings. The van der Waals surface area contributed by atoms with Crippen LogP contribution in [0.3, 0.4) is 0 Å². The molecule has 0 saturated carbocycles. The second-order valence-corrected chi connectivity index (χ2v) is 8.80. The van der Waals surface area contributed by atoms with Crippen molar-refractivity contribution in [3.8, 4) is 0 Å². The third-order valence-corrected chi connectivity index (χ3v) is 6.15. The van der Waals surface area contributed by atoms with Crippen LogP contribution in [0.4, 0.5) is 0 Å². The molecule has 6 nitrogen and oxygen atoms in total. The Kier molecular flexibility index (Phi) is 5.85. The summed E-state index contributed by atoms with van der Waals surface area (Å²) in [6, 6.07) is 16.3. The average Bonchev–Trinajstić information content (AvgIpc) is 2.97. The Hall–Kier alpha value is -0.931. The molecule has 3 rings (SSSR count). The fourth-order valence-electron chi connectivity index (χ4n) is 2.03. The number of ether oxygens (including phenoxy) is 2. The van der Waals surface area contributed by atoms with Crippen LogP contribution in [0.2, 0.25) is 0 Å². The van der Waals surface area contributed by atoms with Crippen molar-refractivity contribution in [2.45, 2.75) is 11.5 Å². The van der Waals surface area contributed by atoms with Gasteiger partial charge in [0.15, 0.2) is 0 Å². The minimum absolute atomic E-state index is 0.0368. The van der Waals surface area contributed by atoms with Crippen molar-refractivity contribution in [1.82, 2.24) is 0 Å². The summed E-state index contributed by atoms with van der Waals surface area (Å²) < 4.78 is 50.0. The predicted molar refractivity (Wildman–Crippen MR) is 84.0 cm³/mol. The van der Waals surface area contributed by atoms with Crippen LogP contribution in [0.25, 0.3) is 5.76 Å². The summed E-state index contributed by atoms with van der Waals surface area (Å²) in [7, 11) is -4.71. The molecule has 0 spiro atoms. The van der Waals surface area contributed by atoms with Gasteiger partial charge in [-0.2, -0.15) is 0 Å². The molecule has 0 N–H and O–H groups in total. The van der Waals surface area contributed by atoms with Crippen LogP contribution in [-0.2, 0) is 20.4 Å².